The SMILES string of the molecule is CCOc1ccc(C=C2C(=O)c3ccccc3C2=O)c(OCC)c1. The summed E-state index contributed by atoms with van der Waals surface area (Å²) >= 11 is 0. The molecular weight excluding hydrogens is 304 g/mol. The molecule has 0 unspecified atom stereocenters. The number of rotatable bonds is 5. The Labute approximate surface area is 140 Å². The molecule has 0 radical (unpaired) electrons. The molecular formula is C20H18O4. The fraction of sp³-hybridized carbons (Fsp3) is 0.200. The van der Waals surface area contributed by atoms with Crippen LogP contribution in [0.15, 0.2) is 48.0 Å². The number of ketones is 2. The molecule has 0 aliphatic heterocycles. The molecule has 0 amide bonds. The fourth-order valence-corrected chi connectivity index (χ4v) is 2.73. The summed E-state index contributed by atoms with van der Waals surface area (Å²) in [5.41, 5.74) is 1.77. The molecule has 0 fully saturated rings. The van der Waals surface area contributed by atoms with Crippen molar-refractivity contribution >= 4 is 17.6 Å². The highest BCUT2D eigenvalue weighted by Gasteiger charge is 2.32. The van der Waals surface area contributed by atoms with Crippen LogP contribution in [0, 0.1) is 0 Å². The van der Waals surface area contributed by atoms with Crippen molar-refractivity contribution in [3.8, 4) is 11.5 Å². The Bertz CT molecular complexity index is 796. The van der Waals surface area contributed by atoms with Crippen molar-refractivity contribution in [2.75, 3.05) is 13.2 Å². The van der Waals surface area contributed by atoms with Crippen LogP contribution in [-0.2, 0) is 0 Å². The number of Topliss-reactive ketones (excluding diaryl/α,β-unsaturated/α-hetero) is 2. The summed E-state index contributed by atoms with van der Waals surface area (Å²) in [6.07, 6.45) is 1.60. The molecule has 0 saturated carbocycles. The maximum atomic E-state index is 12.5. The molecule has 0 atom stereocenters. The van der Waals surface area contributed by atoms with Crippen LogP contribution in [0.25, 0.3) is 6.08 Å². The van der Waals surface area contributed by atoms with E-state index < -0.39 is 0 Å². The first-order chi connectivity index (χ1) is 11.7. The van der Waals surface area contributed by atoms with Gasteiger partial charge in [0.2, 0.25) is 0 Å². The number of carbonyl (C=O) groups is 2. The Balaban J connectivity index is 2.03. The molecule has 0 N–H and O–H groups in total. The Morgan fingerprint density at radius 3 is 2.08 bits per heavy atom. The van der Waals surface area contributed by atoms with E-state index in [9.17, 15) is 9.59 Å². The molecule has 2 aromatic carbocycles. The molecule has 24 heavy (non-hydrogen) atoms. The molecule has 3 rings (SSSR count). The van der Waals surface area contributed by atoms with Crippen molar-refractivity contribution in [3.63, 3.8) is 0 Å². The van der Waals surface area contributed by atoms with Gasteiger partial charge in [-0.15, -0.1) is 0 Å². The summed E-state index contributed by atoms with van der Waals surface area (Å²) < 4.78 is 11.1. The van der Waals surface area contributed by atoms with Gasteiger partial charge in [0.05, 0.1) is 18.8 Å². The predicted octanol–water partition coefficient (Wildman–Crippen LogP) is 3.95. The van der Waals surface area contributed by atoms with Gasteiger partial charge >= 0.3 is 0 Å². The molecule has 1 aliphatic rings. The van der Waals surface area contributed by atoms with E-state index in [0.717, 1.165) is 0 Å². The van der Waals surface area contributed by atoms with Crippen molar-refractivity contribution in [1.82, 2.24) is 0 Å². The average Bonchev–Trinajstić information content (AvgIpc) is 2.83. The number of allylic oxidation sites excluding steroid dienone is 1. The summed E-state index contributed by atoms with van der Waals surface area (Å²) in [4.78, 5) is 25.0. The minimum absolute atomic E-state index is 0.168. The highest BCUT2D eigenvalue weighted by molar-refractivity contribution is 6.41. The average molecular weight is 322 g/mol. The number of benzene rings is 2. The maximum absolute atomic E-state index is 12.5. The smallest absolute Gasteiger partial charge is 0.197 e. The molecule has 2 aromatic rings. The third-order valence-electron chi connectivity index (χ3n) is 3.80. The zero-order valence-corrected chi connectivity index (χ0v) is 13.7. The largest absolute Gasteiger partial charge is 0.494 e. The first-order valence-electron chi connectivity index (χ1n) is 7.95. The van der Waals surface area contributed by atoms with E-state index in [2.05, 4.69) is 0 Å². The van der Waals surface area contributed by atoms with E-state index in [0.29, 0.717) is 41.4 Å². The fourth-order valence-electron chi connectivity index (χ4n) is 2.73. The highest BCUT2D eigenvalue weighted by atomic mass is 16.5. The Hall–Kier alpha value is -2.88. The Kier molecular flexibility index (Phi) is 4.47. The monoisotopic (exact) mass is 322 g/mol. The standard InChI is InChI=1S/C20H18O4/c1-3-23-14-10-9-13(18(12-14)24-4-2)11-17-19(21)15-7-5-6-8-16(15)20(17)22/h5-12H,3-4H2,1-2H3. The summed E-state index contributed by atoms with van der Waals surface area (Å²) in [6, 6.07) is 12.2. The quantitative estimate of drug-likeness (QED) is 0.618. The van der Waals surface area contributed by atoms with Crippen LogP contribution in [0.1, 0.15) is 40.1 Å². The first kappa shape index (κ1) is 16.0. The summed E-state index contributed by atoms with van der Waals surface area (Å²) in [6.45, 7) is 4.82. The van der Waals surface area contributed by atoms with Crippen molar-refractivity contribution in [2.24, 2.45) is 0 Å². The topological polar surface area (TPSA) is 52.6 Å². The van der Waals surface area contributed by atoms with Gasteiger partial charge in [-0.1, -0.05) is 24.3 Å². The van der Waals surface area contributed by atoms with E-state index in [1.54, 1.807) is 48.5 Å². The second-order valence-corrected chi connectivity index (χ2v) is 5.33. The third kappa shape index (κ3) is 2.83. The van der Waals surface area contributed by atoms with Crippen molar-refractivity contribution in [3.05, 3.63) is 64.7 Å². The van der Waals surface area contributed by atoms with Crippen LogP contribution >= 0.6 is 0 Å². The van der Waals surface area contributed by atoms with E-state index in [1.165, 1.54) is 0 Å². The predicted molar refractivity (Wildman–Crippen MR) is 91.9 cm³/mol. The number of fused-ring (bicyclic) bond motifs is 1. The van der Waals surface area contributed by atoms with E-state index in [4.69, 9.17) is 9.47 Å². The van der Waals surface area contributed by atoms with Crippen molar-refractivity contribution in [2.45, 2.75) is 13.8 Å². The van der Waals surface area contributed by atoms with Crippen LogP contribution in [0.5, 0.6) is 11.5 Å². The summed E-state index contributed by atoms with van der Waals surface area (Å²) in [5.74, 6) is 0.793. The lowest BCUT2D eigenvalue weighted by molar-refractivity contribution is 0.0990. The Morgan fingerprint density at radius 2 is 1.50 bits per heavy atom. The third-order valence-corrected chi connectivity index (χ3v) is 3.80. The van der Waals surface area contributed by atoms with Crippen LogP contribution in [-0.4, -0.2) is 24.8 Å². The van der Waals surface area contributed by atoms with Gasteiger partial charge in [0, 0.05) is 22.8 Å². The molecule has 0 spiro atoms. The maximum Gasteiger partial charge on any atom is 0.197 e. The lowest BCUT2D eigenvalue weighted by atomic mass is 10.1. The van der Waals surface area contributed by atoms with E-state index >= 15 is 0 Å². The summed E-state index contributed by atoms with van der Waals surface area (Å²) in [7, 11) is 0. The number of ether oxygens (including phenoxy) is 2. The zero-order chi connectivity index (χ0) is 17.1. The Morgan fingerprint density at radius 1 is 0.875 bits per heavy atom. The van der Waals surface area contributed by atoms with Gasteiger partial charge < -0.3 is 9.47 Å². The normalized spacial score (nSPS) is 13.0. The molecule has 0 bridgehead atoms. The van der Waals surface area contributed by atoms with Crippen molar-refractivity contribution in [1.29, 1.82) is 0 Å². The highest BCUT2D eigenvalue weighted by Crippen LogP contribution is 2.31. The van der Waals surface area contributed by atoms with E-state index in [-0.39, 0.29) is 17.1 Å². The van der Waals surface area contributed by atoms with Crippen LogP contribution in [0.4, 0.5) is 0 Å². The summed E-state index contributed by atoms with van der Waals surface area (Å²) in [5, 5.41) is 0. The second kappa shape index (κ2) is 6.71. The minimum atomic E-state index is -0.244. The second-order valence-electron chi connectivity index (χ2n) is 5.33. The van der Waals surface area contributed by atoms with Gasteiger partial charge in [-0.05, 0) is 32.1 Å². The lowest BCUT2D eigenvalue weighted by Gasteiger charge is -2.10. The van der Waals surface area contributed by atoms with Gasteiger partial charge in [0.15, 0.2) is 11.6 Å². The van der Waals surface area contributed by atoms with Crippen LogP contribution < -0.4 is 9.47 Å². The first-order valence-corrected chi connectivity index (χ1v) is 7.95. The molecule has 4 heteroatoms. The van der Waals surface area contributed by atoms with Crippen LogP contribution in [0.3, 0.4) is 0 Å². The molecule has 122 valence electrons. The van der Waals surface area contributed by atoms with Crippen molar-refractivity contribution < 1.29 is 19.1 Å². The molecule has 0 aromatic heterocycles. The lowest BCUT2D eigenvalue weighted by Crippen LogP contribution is -2.02. The van der Waals surface area contributed by atoms with Gasteiger partial charge in [0.25, 0.3) is 0 Å². The van der Waals surface area contributed by atoms with Crippen LogP contribution in [0.2, 0.25) is 0 Å². The molecule has 4 nitrogen and oxygen atoms in total. The van der Waals surface area contributed by atoms with Gasteiger partial charge in [-0.25, -0.2) is 0 Å². The minimum Gasteiger partial charge on any atom is -0.494 e. The van der Waals surface area contributed by atoms with Gasteiger partial charge in [-0.2, -0.15) is 0 Å². The van der Waals surface area contributed by atoms with Gasteiger partial charge in [-0.3, -0.25) is 9.59 Å². The number of hydrogen-bond acceptors (Lipinski definition) is 4. The number of hydrogen-bond donors (Lipinski definition) is 0. The van der Waals surface area contributed by atoms with Gasteiger partial charge in [0.1, 0.15) is 11.5 Å². The van der Waals surface area contributed by atoms with E-state index in [1.807, 2.05) is 13.8 Å². The molecule has 0 saturated heterocycles. The molecule has 1 aliphatic carbocycles. The zero-order valence-electron chi connectivity index (χ0n) is 13.7. The molecule has 0 heterocycles. The number of carbonyl (C=O) groups excluding carboxylic acids is 2.